The molecule has 212 valence electrons. The molecule has 1 aromatic heterocycles. The predicted molar refractivity (Wildman–Crippen MR) is 132 cm³/mol. The standard InChI is InChI=1S/C27H20F4N4O6/c28-14-4-1-12(2-5-14)21-22-15(25(24(32)38)9-19(25)41-22)8-18(35-21)26(39,27(29,30)31)11-33-23(37)13-3-6-17-16(7-13)34-20(36)10-40-17/h1-8,19,39H,9-11H2,(H2,32,38)(H,33,37)(H,34,36)/t19?,25-,26+/m1/s1. The van der Waals surface area contributed by atoms with Gasteiger partial charge in [-0.1, -0.05) is 0 Å². The number of alkyl halides is 3. The van der Waals surface area contributed by atoms with Crippen LogP contribution in [0.4, 0.5) is 23.2 Å². The van der Waals surface area contributed by atoms with Gasteiger partial charge < -0.3 is 30.9 Å². The lowest BCUT2D eigenvalue weighted by Gasteiger charge is -2.31. The lowest BCUT2D eigenvalue weighted by molar-refractivity contribution is -0.265. The summed E-state index contributed by atoms with van der Waals surface area (Å²) in [6, 6.07) is 9.43. The summed E-state index contributed by atoms with van der Waals surface area (Å²) < 4.78 is 68.2. The molecule has 3 aromatic rings. The zero-order chi connectivity index (χ0) is 29.3. The van der Waals surface area contributed by atoms with E-state index < -0.39 is 59.1 Å². The van der Waals surface area contributed by atoms with Crippen molar-refractivity contribution >= 4 is 23.4 Å². The zero-order valence-corrected chi connectivity index (χ0v) is 20.8. The fourth-order valence-electron chi connectivity index (χ4n) is 5.06. The van der Waals surface area contributed by atoms with E-state index in [1.807, 2.05) is 0 Å². The Morgan fingerprint density at radius 3 is 2.59 bits per heavy atom. The number of fused-ring (bicyclic) bond motifs is 4. The van der Waals surface area contributed by atoms with E-state index in [0.717, 1.165) is 18.2 Å². The number of nitrogens with two attached hydrogens (primary N) is 1. The molecule has 3 atom stereocenters. The van der Waals surface area contributed by atoms with Crippen molar-refractivity contribution in [2.24, 2.45) is 5.73 Å². The quantitative estimate of drug-likeness (QED) is 0.331. The maximum absolute atomic E-state index is 14.5. The number of primary amides is 1. The third kappa shape index (κ3) is 4.13. The number of carbonyl (C=O) groups is 3. The van der Waals surface area contributed by atoms with Gasteiger partial charge in [-0.15, -0.1) is 0 Å². The third-order valence-corrected chi connectivity index (χ3v) is 7.44. The summed E-state index contributed by atoms with van der Waals surface area (Å²) in [5.74, 6) is -2.63. The first-order valence-corrected chi connectivity index (χ1v) is 12.3. The zero-order valence-electron chi connectivity index (χ0n) is 20.8. The van der Waals surface area contributed by atoms with Crippen molar-refractivity contribution in [3.8, 4) is 22.8 Å². The van der Waals surface area contributed by atoms with E-state index in [0.29, 0.717) is 0 Å². The van der Waals surface area contributed by atoms with Gasteiger partial charge in [-0.25, -0.2) is 9.37 Å². The van der Waals surface area contributed by atoms with Gasteiger partial charge in [0.25, 0.3) is 11.8 Å². The Kier molecular flexibility index (Phi) is 5.75. The molecule has 1 aliphatic carbocycles. The number of ether oxygens (including phenoxy) is 2. The Hall–Kier alpha value is -4.72. The predicted octanol–water partition coefficient (Wildman–Crippen LogP) is 2.29. The van der Waals surface area contributed by atoms with Crippen molar-refractivity contribution in [3.63, 3.8) is 0 Å². The number of nitrogens with zero attached hydrogens (tertiary/aromatic N) is 1. The van der Waals surface area contributed by atoms with Gasteiger partial charge in [-0.2, -0.15) is 13.2 Å². The molecule has 41 heavy (non-hydrogen) atoms. The Bertz CT molecular complexity index is 1630. The summed E-state index contributed by atoms with van der Waals surface area (Å²) in [7, 11) is 0. The second-order valence-electron chi connectivity index (χ2n) is 9.97. The molecule has 2 aliphatic heterocycles. The van der Waals surface area contributed by atoms with Crippen LogP contribution < -0.4 is 25.8 Å². The number of rotatable bonds is 6. The number of amides is 3. The van der Waals surface area contributed by atoms with Crippen LogP contribution in [0.25, 0.3) is 11.3 Å². The molecule has 14 heteroatoms. The van der Waals surface area contributed by atoms with Gasteiger partial charge in [0.15, 0.2) is 12.4 Å². The average molecular weight is 572 g/mol. The van der Waals surface area contributed by atoms with Crippen molar-refractivity contribution in [1.29, 1.82) is 0 Å². The first kappa shape index (κ1) is 26.5. The van der Waals surface area contributed by atoms with Crippen LogP contribution in [0.3, 0.4) is 0 Å². The van der Waals surface area contributed by atoms with Gasteiger partial charge in [0, 0.05) is 23.1 Å². The molecule has 1 unspecified atom stereocenters. The summed E-state index contributed by atoms with van der Waals surface area (Å²) >= 11 is 0. The van der Waals surface area contributed by atoms with Gasteiger partial charge in [0.05, 0.1) is 17.9 Å². The minimum Gasteiger partial charge on any atom is -0.486 e. The van der Waals surface area contributed by atoms with Crippen LogP contribution in [0.1, 0.15) is 28.0 Å². The number of carbonyl (C=O) groups excluding carboxylic acids is 3. The molecule has 1 saturated carbocycles. The van der Waals surface area contributed by atoms with Gasteiger partial charge in [-0.3, -0.25) is 14.4 Å². The number of aliphatic hydroxyl groups is 1. The monoisotopic (exact) mass is 572 g/mol. The van der Waals surface area contributed by atoms with Crippen LogP contribution in [-0.4, -0.2) is 53.2 Å². The second-order valence-corrected chi connectivity index (χ2v) is 9.97. The molecule has 0 saturated heterocycles. The number of halogens is 4. The summed E-state index contributed by atoms with van der Waals surface area (Å²) in [6.45, 7) is -1.59. The number of nitrogens with one attached hydrogen (secondary N) is 2. The lowest BCUT2D eigenvalue weighted by Crippen LogP contribution is -2.51. The van der Waals surface area contributed by atoms with Crippen molar-refractivity contribution in [2.45, 2.75) is 29.7 Å². The summed E-state index contributed by atoms with van der Waals surface area (Å²) in [6.07, 6.45) is -5.96. The highest BCUT2D eigenvalue weighted by atomic mass is 19.4. The second kappa shape index (κ2) is 8.89. The number of hydrogen-bond donors (Lipinski definition) is 4. The van der Waals surface area contributed by atoms with Gasteiger partial charge >= 0.3 is 6.18 Å². The minimum absolute atomic E-state index is 0.00212. The molecule has 2 aromatic carbocycles. The minimum atomic E-state index is -5.36. The maximum atomic E-state index is 14.5. The Labute approximate surface area is 228 Å². The molecule has 0 spiro atoms. The summed E-state index contributed by atoms with van der Waals surface area (Å²) in [5.41, 5.74) is -0.419. The molecule has 3 heterocycles. The SMILES string of the molecule is NC(=O)[C@@]12CC1Oc1c2cc([C@@](O)(CNC(=O)c2ccc3c(c2)NC(=O)CO3)C(F)(F)F)nc1-c1ccc(F)cc1. The highest BCUT2D eigenvalue weighted by Gasteiger charge is 2.69. The van der Waals surface area contributed by atoms with Crippen LogP contribution in [0.5, 0.6) is 11.5 Å². The van der Waals surface area contributed by atoms with E-state index in [1.54, 1.807) is 0 Å². The van der Waals surface area contributed by atoms with Crippen molar-refractivity contribution in [3.05, 3.63) is 71.2 Å². The maximum Gasteiger partial charge on any atom is 0.424 e. The summed E-state index contributed by atoms with van der Waals surface area (Å²) in [5, 5.41) is 15.7. The van der Waals surface area contributed by atoms with Crippen LogP contribution in [0, 0.1) is 5.82 Å². The normalized spacial score (nSPS) is 21.7. The molecule has 10 nitrogen and oxygen atoms in total. The van der Waals surface area contributed by atoms with Crippen LogP contribution >= 0.6 is 0 Å². The summed E-state index contributed by atoms with van der Waals surface area (Å²) in [4.78, 5) is 40.9. The largest absolute Gasteiger partial charge is 0.486 e. The number of anilines is 1. The highest BCUT2D eigenvalue weighted by Crippen LogP contribution is 2.61. The van der Waals surface area contributed by atoms with E-state index in [-0.39, 0.29) is 52.6 Å². The van der Waals surface area contributed by atoms with Gasteiger partial charge in [0.2, 0.25) is 11.5 Å². The van der Waals surface area contributed by atoms with E-state index in [4.69, 9.17) is 15.2 Å². The Morgan fingerprint density at radius 2 is 1.90 bits per heavy atom. The van der Waals surface area contributed by atoms with E-state index in [1.165, 1.54) is 30.3 Å². The topological polar surface area (TPSA) is 153 Å². The average Bonchev–Trinajstić information content (AvgIpc) is 3.57. The first-order chi connectivity index (χ1) is 19.3. The molecule has 6 rings (SSSR count). The molecule has 1 fully saturated rings. The molecular formula is C27H20F4N4O6. The highest BCUT2D eigenvalue weighted by molar-refractivity contribution is 6.00. The molecule has 5 N–H and O–H groups in total. The van der Waals surface area contributed by atoms with E-state index in [9.17, 15) is 37.1 Å². The number of hydrogen-bond acceptors (Lipinski definition) is 7. The first-order valence-electron chi connectivity index (χ1n) is 12.3. The van der Waals surface area contributed by atoms with Crippen LogP contribution in [0.2, 0.25) is 0 Å². The van der Waals surface area contributed by atoms with Crippen molar-refractivity contribution < 1.29 is 46.5 Å². The smallest absolute Gasteiger partial charge is 0.424 e. The fraction of sp³-hybridized carbons (Fsp3) is 0.259. The molecule has 3 aliphatic rings. The third-order valence-electron chi connectivity index (χ3n) is 7.44. The fourth-order valence-corrected chi connectivity index (χ4v) is 5.06. The Morgan fingerprint density at radius 1 is 1.17 bits per heavy atom. The number of pyridine rings is 1. The number of aromatic nitrogens is 1. The molecule has 0 radical (unpaired) electrons. The lowest BCUT2D eigenvalue weighted by atomic mass is 9.89. The van der Waals surface area contributed by atoms with Crippen LogP contribution in [-0.2, 0) is 20.6 Å². The van der Waals surface area contributed by atoms with E-state index >= 15 is 0 Å². The van der Waals surface area contributed by atoms with Gasteiger partial charge in [0.1, 0.15) is 28.8 Å². The number of benzene rings is 2. The molecule has 0 bridgehead atoms. The molecular weight excluding hydrogens is 552 g/mol. The van der Waals surface area contributed by atoms with Crippen LogP contribution in [0.15, 0.2) is 48.5 Å². The van der Waals surface area contributed by atoms with Gasteiger partial charge in [-0.05, 0) is 48.5 Å². The molecule has 3 amide bonds. The van der Waals surface area contributed by atoms with Crippen molar-refractivity contribution in [1.82, 2.24) is 10.3 Å². The van der Waals surface area contributed by atoms with E-state index in [2.05, 4.69) is 15.6 Å². The Balaban J connectivity index is 1.39. The van der Waals surface area contributed by atoms with Crippen molar-refractivity contribution in [2.75, 3.05) is 18.5 Å².